The first-order valence-electron chi connectivity index (χ1n) is 7.11. The molecule has 0 bridgehead atoms. The Labute approximate surface area is 124 Å². The first kappa shape index (κ1) is 15.0. The highest BCUT2D eigenvalue weighted by Crippen LogP contribution is 2.22. The van der Waals surface area contributed by atoms with Gasteiger partial charge in [0.15, 0.2) is 11.2 Å². The van der Waals surface area contributed by atoms with Crippen molar-refractivity contribution in [2.24, 2.45) is 0 Å². The number of methoxy groups -OCH3 is 1. The molecule has 0 fully saturated rings. The summed E-state index contributed by atoms with van der Waals surface area (Å²) >= 11 is 5.87. The normalized spacial score (nSPS) is 11.2. The number of ether oxygens (including phenoxy) is 1. The summed E-state index contributed by atoms with van der Waals surface area (Å²) in [5, 5.41) is 0. The van der Waals surface area contributed by atoms with Crippen LogP contribution in [-0.4, -0.2) is 32.5 Å². The first-order valence-corrected chi connectivity index (χ1v) is 7.65. The first-order chi connectivity index (χ1) is 9.81. The van der Waals surface area contributed by atoms with Crippen LogP contribution in [0.3, 0.4) is 0 Å². The molecule has 0 amide bonds. The van der Waals surface area contributed by atoms with Crippen LogP contribution in [0.1, 0.15) is 38.4 Å². The summed E-state index contributed by atoms with van der Waals surface area (Å²) in [6, 6.07) is 0. The maximum atomic E-state index is 5.87. The molecule has 0 N–H and O–H groups in total. The summed E-state index contributed by atoms with van der Waals surface area (Å²) in [5.41, 5.74) is 1.57. The van der Waals surface area contributed by atoms with Crippen LogP contribution in [0.2, 0.25) is 0 Å². The number of rotatable bonds is 8. The smallest absolute Gasteiger partial charge is 0.245 e. The van der Waals surface area contributed by atoms with Gasteiger partial charge in [-0.1, -0.05) is 26.2 Å². The zero-order chi connectivity index (χ0) is 14.4. The summed E-state index contributed by atoms with van der Waals surface area (Å²) in [7, 11) is 1.60. The predicted octanol–water partition coefficient (Wildman–Crippen LogP) is 3.20. The second-order valence-corrected chi connectivity index (χ2v) is 5.11. The second kappa shape index (κ2) is 7.43. The largest absolute Gasteiger partial charge is 0.479 e. The van der Waals surface area contributed by atoms with Gasteiger partial charge in [0, 0.05) is 18.8 Å². The summed E-state index contributed by atoms with van der Waals surface area (Å²) in [5.74, 6) is 2.04. The van der Waals surface area contributed by atoms with Gasteiger partial charge in [0.1, 0.15) is 12.2 Å². The van der Waals surface area contributed by atoms with E-state index in [9.17, 15) is 0 Å². The van der Waals surface area contributed by atoms with Crippen LogP contribution in [0.25, 0.3) is 11.2 Å². The Morgan fingerprint density at radius 1 is 1.25 bits per heavy atom. The molecule has 110 valence electrons. The van der Waals surface area contributed by atoms with Crippen molar-refractivity contribution in [3.05, 3.63) is 12.2 Å². The van der Waals surface area contributed by atoms with Crippen LogP contribution in [0, 0.1) is 0 Å². The van der Waals surface area contributed by atoms with E-state index >= 15 is 0 Å². The summed E-state index contributed by atoms with van der Waals surface area (Å²) in [6.07, 6.45) is 7.09. The average molecular weight is 297 g/mol. The lowest BCUT2D eigenvalue weighted by molar-refractivity contribution is 0.401. The summed E-state index contributed by atoms with van der Waals surface area (Å²) in [4.78, 5) is 13.1. The molecule has 0 aliphatic carbocycles. The van der Waals surface area contributed by atoms with Crippen LogP contribution < -0.4 is 4.74 Å². The van der Waals surface area contributed by atoms with Gasteiger partial charge in [0.05, 0.1) is 7.11 Å². The van der Waals surface area contributed by atoms with Crippen LogP contribution in [-0.2, 0) is 13.0 Å². The van der Waals surface area contributed by atoms with Gasteiger partial charge in [-0.15, -0.1) is 11.6 Å². The van der Waals surface area contributed by atoms with E-state index in [0.717, 1.165) is 36.4 Å². The molecule has 2 aromatic rings. The van der Waals surface area contributed by atoms with E-state index in [2.05, 4.69) is 26.4 Å². The number of aromatic nitrogens is 4. The van der Waals surface area contributed by atoms with Gasteiger partial charge >= 0.3 is 0 Å². The Bertz CT molecular complexity index is 555. The van der Waals surface area contributed by atoms with Crippen molar-refractivity contribution in [1.82, 2.24) is 19.5 Å². The van der Waals surface area contributed by atoms with Crippen LogP contribution in [0.15, 0.2) is 6.33 Å². The van der Waals surface area contributed by atoms with E-state index in [0.29, 0.717) is 11.8 Å². The highest BCUT2D eigenvalue weighted by atomic mass is 35.5. The fourth-order valence-electron chi connectivity index (χ4n) is 2.32. The zero-order valence-electron chi connectivity index (χ0n) is 12.1. The molecule has 2 heterocycles. The van der Waals surface area contributed by atoms with E-state index in [1.165, 1.54) is 25.6 Å². The van der Waals surface area contributed by atoms with E-state index in [4.69, 9.17) is 16.3 Å². The number of alkyl halides is 1. The molecule has 0 atom stereocenters. The van der Waals surface area contributed by atoms with Crippen molar-refractivity contribution in [2.45, 2.75) is 45.6 Å². The molecule has 0 spiro atoms. The minimum Gasteiger partial charge on any atom is -0.479 e. The average Bonchev–Trinajstić information content (AvgIpc) is 2.82. The SMILES string of the molecule is CCCCCCn1c(CCCl)nc2c(OC)ncnc21. The molecule has 0 aliphatic heterocycles. The molecule has 5 nitrogen and oxygen atoms in total. The summed E-state index contributed by atoms with van der Waals surface area (Å²) in [6.45, 7) is 3.13. The number of aryl methyl sites for hydroxylation is 2. The second-order valence-electron chi connectivity index (χ2n) is 4.73. The molecular weight excluding hydrogens is 276 g/mol. The minimum atomic E-state index is 0.526. The van der Waals surface area contributed by atoms with Crippen LogP contribution in [0.5, 0.6) is 5.88 Å². The maximum absolute atomic E-state index is 5.87. The number of nitrogens with zero attached hydrogens (tertiary/aromatic N) is 4. The molecule has 0 radical (unpaired) electrons. The third kappa shape index (κ3) is 3.20. The Hall–Kier alpha value is -1.36. The lowest BCUT2D eigenvalue weighted by atomic mass is 10.2. The van der Waals surface area contributed by atoms with E-state index < -0.39 is 0 Å². The Kier molecular flexibility index (Phi) is 5.59. The molecule has 2 rings (SSSR count). The Morgan fingerprint density at radius 2 is 2.10 bits per heavy atom. The third-order valence-electron chi connectivity index (χ3n) is 3.32. The standard InChI is InChI=1S/C14H21ClN4O/c1-3-4-5-6-9-19-11(7-8-15)18-12-13(19)16-10-17-14(12)20-2/h10H,3-9H2,1-2H3. The molecule has 6 heteroatoms. The van der Waals surface area contributed by atoms with Crippen molar-refractivity contribution in [3.8, 4) is 5.88 Å². The molecular formula is C14H21ClN4O. The van der Waals surface area contributed by atoms with Gasteiger partial charge < -0.3 is 9.30 Å². The van der Waals surface area contributed by atoms with E-state index in [1.807, 2.05) is 0 Å². The Balaban J connectivity index is 2.31. The van der Waals surface area contributed by atoms with Gasteiger partial charge in [0.25, 0.3) is 0 Å². The van der Waals surface area contributed by atoms with Crippen LogP contribution in [0.4, 0.5) is 0 Å². The monoisotopic (exact) mass is 296 g/mol. The fraction of sp³-hybridized carbons (Fsp3) is 0.643. The van der Waals surface area contributed by atoms with Gasteiger partial charge in [-0.2, -0.15) is 4.98 Å². The maximum Gasteiger partial charge on any atom is 0.245 e. The molecule has 0 saturated carbocycles. The predicted molar refractivity (Wildman–Crippen MR) is 80.4 cm³/mol. The van der Waals surface area contributed by atoms with Gasteiger partial charge in [-0.25, -0.2) is 9.97 Å². The number of hydrogen-bond acceptors (Lipinski definition) is 4. The number of imidazole rings is 1. The summed E-state index contributed by atoms with van der Waals surface area (Å²) < 4.78 is 7.41. The van der Waals surface area contributed by atoms with E-state index in [1.54, 1.807) is 7.11 Å². The molecule has 0 unspecified atom stereocenters. The number of unbranched alkanes of at least 4 members (excludes halogenated alkanes) is 3. The fourth-order valence-corrected chi connectivity index (χ4v) is 2.49. The lowest BCUT2D eigenvalue weighted by Gasteiger charge is -2.07. The topological polar surface area (TPSA) is 52.8 Å². The molecule has 20 heavy (non-hydrogen) atoms. The van der Waals surface area contributed by atoms with E-state index in [-0.39, 0.29) is 0 Å². The van der Waals surface area contributed by atoms with Crippen molar-refractivity contribution >= 4 is 22.8 Å². The molecule has 0 aliphatic rings. The van der Waals surface area contributed by atoms with Crippen molar-refractivity contribution < 1.29 is 4.74 Å². The zero-order valence-corrected chi connectivity index (χ0v) is 12.9. The molecule has 0 aromatic carbocycles. The minimum absolute atomic E-state index is 0.526. The highest BCUT2D eigenvalue weighted by Gasteiger charge is 2.15. The molecule has 2 aromatic heterocycles. The van der Waals surface area contributed by atoms with Gasteiger partial charge in [-0.3, -0.25) is 0 Å². The lowest BCUT2D eigenvalue weighted by Crippen LogP contribution is -2.05. The van der Waals surface area contributed by atoms with Crippen molar-refractivity contribution in [2.75, 3.05) is 13.0 Å². The number of halogens is 1. The number of fused-ring (bicyclic) bond motifs is 1. The van der Waals surface area contributed by atoms with Crippen LogP contribution >= 0.6 is 11.6 Å². The van der Waals surface area contributed by atoms with Crippen molar-refractivity contribution in [1.29, 1.82) is 0 Å². The highest BCUT2D eigenvalue weighted by molar-refractivity contribution is 6.17. The van der Waals surface area contributed by atoms with Gasteiger partial charge in [-0.05, 0) is 6.42 Å². The molecule has 0 saturated heterocycles. The third-order valence-corrected chi connectivity index (χ3v) is 3.51. The Morgan fingerprint density at radius 3 is 2.80 bits per heavy atom. The number of hydrogen-bond donors (Lipinski definition) is 0. The quantitative estimate of drug-likeness (QED) is 0.554. The van der Waals surface area contributed by atoms with Crippen molar-refractivity contribution in [3.63, 3.8) is 0 Å². The van der Waals surface area contributed by atoms with Gasteiger partial charge in [0.2, 0.25) is 5.88 Å².